The number of pyridine rings is 1. The second-order valence-electron chi connectivity index (χ2n) is 6.96. The molecule has 9 heteroatoms. The number of urea groups is 1. The molecule has 1 saturated heterocycles. The largest absolute Gasteiger partial charge is 0.353 e. The van der Waals surface area contributed by atoms with Crippen LogP contribution in [0.25, 0.3) is 0 Å². The van der Waals surface area contributed by atoms with Gasteiger partial charge in [0.05, 0.1) is 12.2 Å². The molecule has 1 aliphatic heterocycles. The van der Waals surface area contributed by atoms with Gasteiger partial charge in [-0.3, -0.25) is 4.79 Å². The Kier molecular flexibility index (Phi) is 5.70. The third-order valence-corrected chi connectivity index (χ3v) is 6.11. The Morgan fingerprint density at radius 2 is 1.93 bits per heavy atom. The van der Waals surface area contributed by atoms with Crippen LogP contribution in [0.3, 0.4) is 0 Å². The molecule has 148 valence electrons. The minimum absolute atomic E-state index is 0.0520. The number of rotatable bonds is 4. The fourth-order valence-corrected chi connectivity index (χ4v) is 4.58. The monoisotopic (exact) mass is 400 g/mol. The van der Waals surface area contributed by atoms with Crippen molar-refractivity contribution >= 4 is 34.2 Å². The van der Waals surface area contributed by atoms with Crippen LogP contribution in [0.2, 0.25) is 0 Å². The number of nitrogens with one attached hydrogen (secondary N) is 2. The molecule has 4 rings (SSSR count). The highest BCUT2D eigenvalue weighted by Gasteiger charge is 2.22. The standard InChI is InChI=1S/C19H24N6O2S/c26-17(23-18-22-14-5-1-2-6-15(14)28-18)13-21-19(27)25-11-9-24(10-12-25)16-7-3-4-8-20-16/h3-4,7-8H,1-2,5-6,9-13H2,(H,21,27)(H,22,23,26). The number of anilines is 2. The van der Waals surface area contributed by atoms with Crippen LogP contribution in [-0.4, -0.2) is 59.5 Å². The average Bonchev–Trinajstić information content (AvgIpc) is 3.15. The lowest BCUT2D eigenvalue weighted by Gasteiger charge is -2.35. The smallest absolute Gasteiger partial charge is 0.317 e. The van der Waals surface area contributed by atoms with E-state index in [0.29, 0.717) is 18.2 Å². The Morgan fingerprint density at radius 1 is 1.11 bits per heavy atom. The molecule has 8 nitrogen and oxygen atoms in total. The van der Waals surface area contributed by atoms with Gasteiger partial charge in [0.1, 0.15) is 5.82 Å². The molecule has 3 amide bonds. The van der Waals surface area contributed by atoms with E-state index in [1.807, 2.05) is 18.2 Å². The molecule has 0 bridgehead atoms. The lowest BCUT2D eigenvalue weighted by molar-refractivity contribution is -0.115. The van der Waals surface area contributed by atoms with Gasteiger partial charge in [0.2, 0.25) is 5.91 Å². The molecule has 3 heterocycles. The van der Waals surface area contributed by atoms with Crippen molar-refractivity contribution in [1.82, 2.24) is 20.2 Å². The third kappa shape index (κ3) is 4.41. The molecule has 28 heavy (non-hydrogen) atoms. The summed E-state index contributed by atoms with van der Waals surface area (Å²) in [7, 11) is 0. The molecule has 0 radical (unpaired) electrons. The highest BCUT2D eigenvalue weighted by Crippen LogP contribution is 2.29. The molecule has 1 fully saturated rings. The van der Waals surface area contributed by atoms with E-state index >= 15 is 0 Å². The van der Waals surface area contributed by atoms with Crippen molar-refractivity contribution in [2.45, 2.75) is 25.7 Å². The minimum atomic E-state index is -0.244. The number of amides is 3. The van der Waals surface area contributed by atoms with Crippen LogP contribution in [0.1, 0.15) is 23.4 Å². The van der Waals surface area contributed by atoms with E-state index < -0.39 is 0 Å². The van der Waals surface area contributed by atoms with E-state index in [1.54, 1.807) is 22.4 Å². The van der Waals surface area contributed by atoms with Crippen molar-refractivity contribution in [2.75, 3.05) is 42.9 Å². The lowest BCUT2D eigenvalue weighted by Crippen LogP contribution is -2.52. The zero-order chi connectivity index (χ0) is 19.3. The highest BCUT2D eigenvalue weighted by molar-refractivity contribution is 7.15. The predicted octanol–water partition coefficient (Wildman–Crippen LogP) is 1.89. The first kappa shape index (κ1) is 18.7. The molecule has 2 aromatic rings. The van der Waals surface area contributed by atoms with E-state index in [-0.39, 0.29) is 18.5 Å². The molecule has 0 aromatic carbocycles. The fourth-order valence-electron chi connectivity index (χ4n) is 3.52. The summed E-state index contributed by atoms with van der Waals surface area (Å²) in [5.74, 6) is 0.680. The molecule has 2 N–H and O–H groups in total. The zero-order valence-corrected chi connectivity index (χ0v) is 16.5. The number of carbonyl (C=O) groups excluding carboxylic acids is 2. The second kappa shape index (κ2) is 8.55. The summed E-state index contributed by atoms with van der Waals surface area (Å²) in [4.78, 5) is 38.5. The number of hydrogen-bond donors (Lipinski definition) is 2. The summed E-state index contributed by atoms with van der Waals surface area (Å²) < 4.78 is 0. The summed E-state index contributed by atoms with van der Waals surface area (Å²) in [6.07, 6.45) is 6.15. The fraction of sp³-hybridized carbons (Fsp3) is 0.474. The van der Waals surface area contributed by atoms with Gasteiger partial charge in [-0.25, -0.2) is 14.8 Å². The number of fused-ring (bicyclic) bond motifs is 1. The van der Waals surface area contributed by atoms with Crippen LogP contribution in [-0.2, 0) is 17.6 Å². The summed E-state index contributed by atoms with van der Waals surface area (Å²) >= 11 is 1.55. The molecular formula is C19H24N6O2S. The SMILES string of the molecule is O=C(CNC(=O)N1CCN(c2ccccn2)CC1)Nc1nc2c(s1)CCCC2. The molecule has 2 aliphatic rings. The van der Waals surface area contributed by atoms with Crippen molar-refractivity contribution in [3.63, 3.8) is 0 Å². The average molecular weight is 401 g/mol. The first-order chi connectivity index (χ1) is 13.7. The minimum Gasteiger partial charge on any atom is -0.353 e. The van der Waals surface area contributed by atoms with Crippen LogP contribution in [0.4, 0.5) is 15.7 Å². The Balaban J connectivity index is 1.21. The molecule has 0 spiro atoms. The molecule has 1 aliphatic carbocycles. The summed E-state index contributed by atoms with van der Waals surface area (Å²) in [5.41, 5.74) is 1.11. The first-order valence-corrected chi connectivity index (χ1v) is 10.5. The topological polar surface area (TPSA) is 90.5 Å². The van der Waals surface area contributed by atoms with E-state index in [1.165, 1.54) is 11.3 Å². The Hall–Kier alpha value is -2.68. The number of carbonyl (C=O) groups is 2. The number of thiazole rings is 1. The van der Waals surface area contributed by atoms with Crippen molar-refractivity contribution in [3.05, 3.63) is 35.0 Å². The van der Waals surface area contributed by atoms with Gasteiger partial charge < -0.3 is 20.4 Å². The van der Waals surface area contributed by atoms with Crippen LogP contribution < -0.4 is 15.5 Å². The van der Waals surface area contributed by atoms with Gasteiger partial charge in [0.15, 0.2) is 5.13 Å². The van der Waals surface area contributed by atoms with Crippen molar-refractivity contribution in [3.8, 4) is 0 Å². The predicted molar refractivity (Wildman–Crippen MR) is 109 cm³/mol. The Bertz CT molecular complexity index is 809. The highest BCUT2D eigenvalue weighted by atomic mass is 32.1. The molecule has 0 atom stereocenters. The van der Waals surface area contributed by atoms with Gasteiger partial charge in [-0.2, -0.15) is 0 Å². The first-order valence-electron chi connectivity index (χ1n) is 9.66. The van der Waals surface area contributed by atoms with E-state index in [9.17, 15) is 9.59 Å². The number of nitrogens with zero attached hydrogens (tertiary/aromatic N) is 4. The van der Waals surface area contributed by atoms with E-state index in [4.69, 9.17) is 0 Å². The quantitative estimate of drug-likeness (QED) is 0.818. The van der Waals surface area contributed by atoms with Crippen LogP contribution in [0.5, 0.6) is 0 Å². The molecular weight excluding hydrogens is 376 g/mol. The maximum absolute atomic E-state index is 12.3. The second-order valence-corrected chi connectivity index (χ2v) is 8.05. The molecule has 0 saturated carbocycles. The van der Waals surface area contributed by atoms with Crippen LogP contribution in [0, 0.1) is 0 Å². The normalized spacial score (nSPS) is 16.4. The van der Waals surface area contributed by atoms with Gasteiger partial charge in [-0.1, -0.05) is 6.07 Å². The summed E-state index contributed by atoms with van der Waals surface area (Å²) in [6.45, 7) is 2.60. The number of aryl methyl sites for hydroxylation is 2. The Labute approximate surface area is 168 Å². The van der Waals surface area contributed by atoms with Crippen LogP contribution >= 0.6 is 11.3 Å². The van der Waals surface area contributed by atoms with Gasteiger partial charge in [0, 0.05) is 37.3 Å². The Morgan fingerprint density at radius 3 is 2.68 bits per heavy atom. The lowest BCUT2D eigenvalue weighted by atomic mass is 10.0. The van der Waals surface area contributed by atoms with Crippen molar-refractivity contribution in [1.29, 1.82) is 0 Å². The number of piperazine rings is 1. The molecule has 0 unspecified atom stereocenters. The maximum Gasteiger partial charge on any atom is 0.317 e. The maximum atomic E-state index is 12.3. The van der Waals surface area contributed by atoms with Crippen molar-refractivity contribution in [2.24, 2.45) is 0 Å². The van der Waals surface area contributed by atoms with E-state index in [0.717, 1.165) is 43.9 Å². The van der Waals surface area contributed by atoms with Gasteiger partial charge in [0.25, 0.3) is 0 Å². The van der Waals surface area contributed by atoms with Crippen LogP contribution in [0.15, 0.2) is 24.4 Å². The third-order valence-electron chi connectivity index (χ3n) is 5.03. The van der Waals surface area contributed by atoms with Crippen molar-refractivity contribution < 1.29 is 9.59 Å². The van der Waals surface area contributed by atoms with Gasteiger partial charge >= 0.3 is 6.03 Å². The van der Waals surface area contributed by atoms with Gasteiger partial charge in [-0.05, 0) is 37.8 Å². The van der Waals surface area contributed by atoms with E-state index in [2.05, 4.69) is 25.5 Å². The summed E-state index contributed by atoms with van der Waals surface area (Å²) in [6, 6.07) is 5.60. The molecule has 2 aromatic heterocycles. The van der Waals surface area contributed by atoms with Gasteiger partial charge in [-0.15, -0.1) is 11.3 Å². The number of aromatic nitrogens is 2. The number of hydrogen-bond acceptors (Lipinski definition) is 6. The zero-order valence-electron chi connectivity index (χ0n) is 15.7. The summed E-state index contributed by atoms with van der Waals surface area (Å²) in [5, 5.41) is 6.15.